The second kappa shape index (κ2) is 6.51. The van der Waals surface area contributed by atoms with Crippen LogP contribution in [0.1, 0.15) is 5.56 Å². The van der Waals surface area contributed by atoms with E-state index in [1.54, 1.807) is 11.8 Å². The van der Waals surface area contributed by atoms with Crippen LogP contribution in [0, 0.1) is 0 Å². The third-order valence-corrected chi connectivity index (χ3v) is 3.41. The zero-order valence-electron chi connectivity index (χ0n) is 9.98. The summed E-state index contributed by atoms with van der Waals surface area (Å²) in [6.45, 7) is 1.29. The number of thioether (sulfide) groups is 1. The van der Waals surface area contributed by atoms with E-state index in [0.29, 0.717) is 18.8 Å². The minimum Gasteiger partial charge on any atom is -0.454 e. The number of rotatable bonds is 6. The summed E-state index contributed by atoms with van der Waals surface area (Å²) in [4.78, 5) is 11.3. The van der Waals surface area contributed by atoms with E-state index >= 15 is 0 Å². The van der Waals surface area contributed by atoms with E-state index in [0.717, 1.165) is 22.8 Å². The maximum Gasteiger partial charge on any atom is 0.231 e. The predicted molar refractivity (Wildman–Crippen MR) is 70.8 cm³/mol. The fourth-order valence-electron chi connectivity index (χ4n) is 1.55. The molecule has 98 valence electrons. The number of nitrogens with two attached hydrogens (primary N) is 1. The highest BCUT2D eigenvalue weighted by molar-refractivity contribution is 7.99. The molecule has 5 nitrogen and oxygen atoms in total. The molecule has 0 saturated heterocycles. The quantitative estimate of drug-likeness (QED) is 0.795. The maximum atomic E-state index is 11.3. The van der Waals surface area contributed by atoms with Crippen LogP contribution in [-0.2, 0) is 10.5 Å². The Hall–Kier alpha value is -1.40. The first-order valence-corrected chi connectivity index (χ1v) is 6.88. The molecular weight excluding hydrogens is 252 g/mol. The second-order valence-electron chi connectivity index (χ2n) is 3.82. The fourth-order valence-corrected chi connectivity index (χ4v) is 2.36. The first kappa shape index (κ1) is 13.0. The Morgan fingerprint density at radius 2 is 2.22 bits per heavy atom. The Balaban J connectivity index is 1.75. The molecule has 18 heavy (non-hydrogen) atoms. The van der Waals surface area contributed by atoms with E-state index in [9.17, 15) is 4.79 Å². The summed E-state index contributed by atoms with van der Waals surface area (Å²) in [6, 6.07) is 5.83. The first-order valence-electron chi connectivity index (χ1n) is 5.72. The number of hydrogen-bond donors (Lipinski definition) is 2. The third kappa shape index (κ3) is 3.54. The summed E-state index contributed by atoms with van der Waals surface area (Å²) in [5, 5.41) is 2.73. The molecule has 3 N–H and O–H groups in total. The Morgan fingerprint density at radius 3 is 3.06 bits per heavy atom. The van der Waals surface area contributed by atoms with Gasteiger partial charge in [0.15, 0.2) is 11.5 Å². The number of fused-ring (bicyclic) bond motifs is 1. The minimum absolute atomic E-state index is 0.0196. The van der Waals surface area contributed by atoms with Crippen molar-refractivity contribution < 1.29 is 14.3 Å². The molecule has 1 aromatic rings. The van der Waals surface area contributed by atoms with Crippen molar-refractivity contribution in [1.82, 2.24) is 5.32 Å². The third-order valence-electron chi connectivity index (χ3n) is 2.41. The van der Waals surface area contributed by atoms with Crippen LogP contribution < -0.4 is 20.5 Å². The summed E-state index contributed by atoms with van der Waals surface area (Å²) < 4.78 is 10.5. The van der Waals surface area contributed by atoms with Crippen LogP contribution in [-0.4, -0.2) is 31.5 Å². The van der Waals surface area contributed by atoms with Gasteiger partial charge in [-0.1, -0.05) is 6.07 Å². The SMILES string of the molecule is NCCNC(=O)CSCc1ccc2c(c1)OCO2. The van der Waals surface area contributed by atoms with Crippen molar-refractivity contribution in [3.8, 4) is 11.5 Å². The van der Waals surface area contributed by atoms with Gasteiger partial charge in [-0.15, -0.1) is 11.8 Å². The molecule has 6 heteroatoms. The lowest BCUT2D eigenvalue weighted by atomic mass is 10.2. The van der Waals surface area contributed by atoms with Crippen molar-refractivity contribution >= 4 is 17.7 Å². The van der Waals surface area contributed by atoms with Crippen LogP contribution >= 0.6 is 11.8 Å². The number of nitrogens with one attached hydrogen (secondary N) is 1. The van der Waals surface area contributed by atoms with Crippen molar-refractivity contribution in [2.75, 3.05) is 25.6 Å². The minimum atomic E-state index is 0.0196. The maximum absolute atomic E-state index is 11.3. The van der Waals surface area contributed by atoms with Crippen LogP contribution in [0.15, 0.2) is 18.2 Å². The molecule has 0 radical (unpaired) electrons. The number of benzene rings is 1. The van der Waals surface area contributed by atoms with Gasteiger partial charge < -0.3 is 20.5 Å². The lowest BCUT2D eigenvalue weighted by Crippen LogP contribution is -2.30. The summed E-state index contributed by atoms with van der Waals surface area (Å²) >= 11 is 1.56. The average Bonchev–Trinajstić information content (AvgIpc) is 2.83. The Morgan fingerprint density at radius 1 is 1.39 bits per heavy atom. The summed E-state index contributed by atoms with van der Waals surface area (Å²) in [7, 11) is 0. The molecule has 0 unspecified atom stereocenters. The van der Waals surface area contributed by atoms with Crippen molar-refractivity contribution in [2.45, 2.75) is 5.75 Å². The normalized spacial score (nSPS) is 12.5. The highest BCUT2D eigenvalue weighted by Crippen LogP contribution is 2.33. The van der Waals surface area contributed by atoms with Crippen LogP contribution in [0.5, 0.6) is 11.5 Å². The van der Waals surface area contributed by atoms with Crippen molar-refractivity contribution in [2.24, 2.45) is 5.73 Å². The van der Waals surface area contributed by atoms with Crippen molar-refractivity contribution in [3.05, 3.63) is 23.8 Å². The zero-order chi connectivity index (χ0) is 12.8. The van der Waals surface area contributed by atoms with Crippen molar-refractivity contribution in [1.29, 1.82) is 0 Å². The molecule has 1 aliphatic rings. The Kier molecular flexibility index (Phi) is 4.72. The standard InChI is InChI=1S/C12H16N2O3S/c13-3-4-14-12(15)7-18-6-9-1-2-10-11(5-9)17-8-16-10/h1-2,5H,3-4,6-8,13H2,(H,14,15). The summed E-state index contributed by atoms with van der Waals surface area (Å²) in [6.07, 6.45) is 0. The highest BCUT2D eigenvalue weighted by atomic mass is 32.2. The fraction of sp³-hybridized carbons (Fsp3) is 0.417. The molecule has 0 fully saturated rings. The van der Waals surface area contributed by atoms with E-state index in [2.05, 4.69) is 5.32 Å². The van der Waals surface area contributed by atoms with Crippen LogP contribution in [0.4, 0.5) is 0 Å². The number of amides is 1. The molecule has 0 atom stereocenters. The largest absolute Gasteiger partial charge is 0.454 e. The number of hydrogen-bond acceptors (Lipinski definition) is 5. The van der Waals surface area contributed by atoms with Gasteiger partial charge in [0, 0.05) is 18.8 Å². The first-order chi connectivity index (χ1) is 8.79. The van der Waals surface area contributed by atoms with E-state index in [1.807, 2.05) is 18.2 Å². The molecule has 2 rings (SSSR count). The van der Waals surface area contributed by atoms with E-state index in [1.165, 1.54) is 0 Å². The smallest absolute Gasteiger partial charge is 0.231 e. The van der Waals surface area contributed by atoms with E-state index in [4.69, 9.17) is 15.2 Å². The molecule has 0 aliphatic carbocycles. The van der Waals surface area contributed by atoms with Crippen LogP contribution in [0.25, 0.3) is 0 Å². The molecule has 1 aromatic carbocycles. The molecule has 0 bridgehead atoms. The topological polar surface area (TPSA) is 73.6 Å². The van der Waals surface area contributed by atoms with Gasteiger partial charge in [-0.3, -0.25) is 4.79 Å². The van der Waals surface area contributed by atoms with Gasteiger partial charge in [-0.2, -0.15) is 0 Å². The van der Waals surface area contributed by atoms with Gasteiger partial charge in [0.05, 0.1) is 5.75 Å². The zero-order valence-corrected chi connectivity index (χ0v) is 10.8. The number of carbonyl (C=O) groups is 1. The highest BCUT2D eigenvalue weighted by Gasteiger charge is 2.13. The lowest BCUT2D eigenvalue weighted by molar-refractivity contribution is -0.118. The molecule has 0 aromatic heterocycles. The second-order valence-corrected chi connectivity index (χ2v) is 4.80. The van der Waals surface area contributed by atoms with Gasteiger partial charge in [0.1, 0.15) is 0 Å². The van der Waals surface area contributed by atoms with Crippen molar-refractivity contribution in [3.63, 3.8) is 0 Å². The number of carbonyl (C=O) groups excluding carboxylic acids is 1. The molecular formula is C12H16N2O3S. The number of ether oxygens (including phenoxy) is 2. The van der Waals surface area contributed by atoms with Gasteiger partial charge in [0.25, 0.3) is 0 Å². The van der Waals surface area contributed by atoms with E-state index in [-0.39, 0.29) is 12.7 Å². The monoisotopic (exact) mass is 268 g/mol. The summed E-state index contributed by atoms with van der Waals surface area (Å²) in [5.41, 5.74) is 6.42. The van der Waals surface area contributed by atoms with Gasteiger partial charge in [0.2, 0.25) is 12.7 Å². The van der Waals surface area contributed by atoms with Crippen LogP contribution in [0.2, 0.25) is 0 Å². The van der Waals surface area contributed by atoms with Crippen LogP contribution in [0.3, 0.4) is 0 Å². The average molecular weight is 268 g/mol. The Labute approximate surface area is 110 Å². The molecule has 1 amide bonds. The molecule has 0 saturated carbocycles. The molecule has 1 aliphatic heterocycles. The lowest BCUT2D eigenvalue weighted by Gasteiger charge is -2.04. The van der Waals surface area contributed by atoms with Gasteiger partial charge in [-0.05, 0) is 17.7 Å². The predicted octanol–water partition coefficient (Wildman–Crippen LogP) is 0.723. The summed E-state index contributed by atoms with van der Waals surface area (Å²) in [5.74, 6) is 2.79. The molecule has 0 spiro atoms. The van der Waals surface area contributed by atoms with Gasteiger partial charge >= 0.3 is 0 Å². The van der Waals surface area contributed by atoms with Gasteiger partial charge in [-0.25, -0.2) is 0 Å². The molecule has 1 heterocycles. The van der Waals surface area contributed by atoms with E-state index < -0.39 is 0 Å². The Bertz CT molecular complexity index is 426.